The summed E-state index contributed by atoms with van der Waals surface area (Å²) in [7, 11) is 0. The highest BCUT2D eigenvalue weighted by molar-refractivity contribution is 5.38. The van der Waals surface area contributed by atoms with Crippen molar-refractivity contribution in [2.24, 2.45) is 0 Å². The second-order valence-corrected chi connectivity index (χ2v) is 3.23. The molecule has 0 bridgehead atoms. The molecule has 0 spiro atoms. The molecule has 0 radical (unpaired) electrons. The van der Waals surface area contributed by atoms with Crippen molar-refractivity contribution in [2.45, 2.75) is 47.5 Å². The number of hydrogen-bond donors (Lipinski definition) is 2. The maximum Gasteiger partial charge on any atom is 0.108 e. The third-order valence-corrected chi connectivity index (χ3v) is 1.92. The number of hydrogen-bond acceptors (Lipinski definition) is 2. The number of aliphatic hydroxyl groups excluding tert-OH is 2. The first-order chi connectivity index (χ1) is 8.97. The van der Waals surface area contributed by atoms with E-state index in [4.69, 9.17) is 10.2 Å². The minimum absolute atomic E-state index is 0.00169. The molecule has 0 rings (SSSR count). The van der Waals surface area contributed by atoms with Gasteiger partial charge in [-0.3, -0.25) is 0 Å². The second kappa shape index (κ2) is 16.3. The Kier molecular flexibility index (Phi) is 19.3. The summed E-state index contributed by atoms with van der Waals surface area (Å²) in [5.74, 6) is 0.163. The van der Waals surface area contributed by atoms with Gasteiger partial charge in [0.05, 0.1) is 5.76 Å². The zero-order valence-corrected chi connectivity index (χ0v) is 13.2. The van der Waals surface area contributed by atoms with E-state index in [9.17, 15) is 0 Å². The SMILES string of the molecule is C=C(O)/C=C\C(=C)/C(=C/C)CCC(=C)O.CC.CC. The fraction of sp³-hybridized carbons (Fsp3) is 0.412. The van der Waals surface area contributed by atoms with E-state index in [-0.39, 0.29) is 11.5 Å². The number of aliphatic hydroxyl groups is 2. The lowest BCUT2D eigenvalue weighted by atomic mass is 10.0. The maximum atomic E-state index is 8.97. The Bertz CT molecular complexity index is 320. The lowest BCUT2D eigenvalue weighted by Gasteiger charge is -2.06. The van der Waals surface area contributed by atoms with Crippen LogP contribution in [0.4, 0.5) is 0 Å². The van der Waals surface area contributed by atoms with E-state index < -0.39 is 0 Å². The van der Waals surface area contributed by atoms with Crippen LogP contribution < -0.4 is 0 Å². The first-order valence-corrected chi connectivity index (χ1v) is 6.74. The van der Waals surface area contributed by atoms with Crippen molar-refractivity contribution in [3.63, 3.8) is 0 Å². The van der Waals surface area contributed by atoms with Crippen LogP contribution in [0, 0.1) is 0 Å². The molecule has 2 N–H and O–H groups in total. The van der Waals surface area contributed by atoms with Crippen molar-refractivity contribution in [1.82, 2.24) is 0 Å². The molecular weight excluding hydrogens is 236 g/mol. The topological polar surface area (TPSA) is 40.5 Å². The summed E-state index contributed by atoms with van der Waals surface area (Å²) in [6, 6.07) is 0. The van der Waals surface area contributed by atoms with E-state index in [0.717, 1.165) is 11.1 Å². The van der Waals surface area contributed by atoms with E-state index in [1.165, 1.54) is 6.08 Å². The van der Waals surface area contributed by atoms with Crippen LogP contribution >= 0.6 is 0 Å². The summed E-state index contributed by atoms with van der Waals surface area (Å²) >= 11 is 0. The molecule has 0 aliphatic heterocycles. The molecule has 0 aliphatic carbocycles. The maximum absolute atomic E-state index is 8.97. The highest BCUT2D eigenvalue weighted by Gasteiger charge is 2.00. The summed E-state index contributed by atoms with van der Waals surface area (Å²) < 4.78 is 0. The van der Waals surface area contributed by atoms with Gasteiger partial charge in [0.25, 0.3) is 0 Å². The van der Waals surface area contributed by atoms with Gasteiger partial charge in [-0.2, -0.15) is 0 Å². The largest absolute Gasteiger partial charge is 0.513 e. The second-order valence-electron chi connectivity index (χ2n) is 3.23. The molecule has 19 heavy (non-hydrogen) atoms. The molecule has 0 aliphatic rings. The van der Waals surface area contributed by atoms with Crippen LogP contribution in [0.3, 0.4) is 0 Å². The number of allylic oxidation sites excluding steroid dienone is 6. The van der Waals surface area contributed by atoms with Crippen LogP contribution in [0.2, 0.25) is 0 Å². The molecular formula is C17H30O2. The van der Waals surface area contributed by atoms with E-state index in [2.05, 4.69) is 19.7 Å². The highest BCUT2D eigenvalue weighted by Crippen LogP contribution is 2.17. The third kappa shape index (κ3) is 16.3. The highest BCUT2D eigenvalue weighted by atomic mass is 16.3. The molecule has 2 nitrogen and oxygen atoms in total. The van der Waals surface area contributed by atoms with E-state index in [0.29, 0.717) is 12.8 Å². The molecule has 0 aromatic carbocycles. The minimum atomic E-state index is -0.00169. The summed E-state index contributed by atoms with van der Waals surface area (Å²) in [4.78, 5) is 0. The van der Waals surface area contributed by atoms with Crippen LogP contribution in [0.15, 0.2) is 60.6 Å². The molecule has 0 aromatic heterocycles. The predicted molar refractivity (Wildman–Crippen MR) is 87.5 cm³/mol. The molecule has 0 saturated heterocycles. The molecule has 2 heteroatoms. The molecule has 110 valence electrons. The summed E-state index contributed by atoms with van der Waals surface area (Å²) in [5, 5.41) is 17.9. The van der Waals surface area contributed by atoms with Crippen molar-refractivity contribution < 1.29 is 10.2 Å². The molecule has 0 saturated carbocycles. The van der Waals surface area contributed by atoms with Gasteiger partial charge in [0.1, 0.15) is 5.76 Å². The fourth-order valence-corrected chi connectivity index (χ4v) is 1.07. The Morgan fingerprint density at radius 3 is 1.68 bits per heavy atom. The smallest absolute Gasteiger partial charge is 0.108 e. The average Bonchev–Trinajstić information content (AvgIpc) is 2.41. The van der Waals surface area contributed by atoms with Crippen molar-refractivity contribution >= 4 is 0 Å². The van der Waals surface area contributed by atoms with Gasteiger partial charge in [-0.25, -0.2) is 0 Å². The molecule has 0 amide bonds. The zero-order chi connectivity index (χ0) is 15.8. The van der Waals surface area contributed by atoms with Crippen LogP contribution in [-0.4, -0.2) is 10.2 Å². The Morgan fingerprint density at radius 2 is 1.37 bits per heavy atom. The normalized spacial score (nSPS) is 9.84. The quantitative estimate of drug-likeness (QED) is 0.456. The first kappa shape index (κ1) is 22.5. The molecule has 0 aromatic rings. The van der Waals surface area contributed by atoms with Gasteiger partial charge in [0, 0.05) is 6.42 Å². The van der Waals surface area contributed by atoms with E-state index in [1.54, 1.807) is 6.08 Å². The van der Waals surface area contributed by atoms with Gasteiger partial charge in [-0.1, -0.05) is 59.6 Å². The summed E-state index contributed by atoms with van der Waals surface area (Å²) in [6.45, 7) is 20.5. The van der Waals surface area contributed by atoms with Crippen LogP contribution in [0.25, 0.3) is 0 Å². The van der Waals surface area contributed by atoms with Gasteiger partial charge < -0.3 is 10.2 Å². The van der Waals surface area contributed by atoms with Gasteiger partial charge in [0.15, 0.2) is 0 Å². The Balaban J connectivity index is -0.000000579. The summed E-state index contributed by atoms with van der Waals surface area (Å²) in [6.07, 6.45) is 6.31. The molecule has 0 unspecified atom stereocenters. The average molecular weight is 266 g/mol. The molecule has 0 atom stereocenters. The van der Waals surface area contributed by atoms with Gasteiger partial charge >= 0.3 is 0 Å². The standard InChI is InChI=1S/C13H18O2.2C2H6/c1-5-13(9-8-12(4)15)10(2)6-7-11(3)14;2*1-2/h5-7,14-15H,2-4,8-9H2,1H3;2*1-2H3/b7-6-,13-5+;;. The molecule has 0 fully saturated rings. The van der Waals surface area contributed by atoms with E-state index >= 15 is 0 Å². The van der Waals surface area contributed by atoms with E-state index in [1.807, 2.05) is 40.7 Å². The van der Waals surface area contributed by atoms with Crippen LogP contribution in [0.1, 0.15) is 47.5 Å². The van der Waals surface area contributed by atoms with Gasteiger partial charge in [-0.05, 0) is 30.6 Å². The predicted octanol–water partition coefficient (Wildman–Crippen LogP) is 6.02. The van der Waals surface area contributed by atoms with Gasteiger partial charge in [-0.15, -0.1) is 0 Å². The Morgan fingerprint density at radius 1 is 0.895 bits per heavy atom. The van der Waals surface area contributed by atoms with Gasteiger partial charge in [0.2, 0.25) is 0 Å². The number of rotatable bonds is 6. The Hall–Kier alpha value is -1.70. The molecule has 0 heterocycles. The summed E-state index contributed by atoms with van der Waals surface area (Å²) in [5.41, 5.74) is 1.82. The van der Waals surface area contributed by atoms with Crippen molar-refractivity contribution in [3.8, 4) is 0 Å². The van der Waals surface area contributed by atoms with Crippen molar-refractivity contribution in [3.05, 3.63) is 60.6 Å². The van der Waals surface area contributed by atoms with Crippen LogP contribution in [0.5, 0.6) is 0 Å². The monoisotopic (exact) mass is 266 g/mol. The third-order valence-electron chi connectivity index (χ3n) is 1.92. The zero-order valence-electron chi connectivity index (χ0n) is 13.2. The van der Waals surface area contributed by atoms with Crippen LogP contribution in [-0.2, 0) is 0 Å². The Labute approximate surface area is 119 Å². The lowest BCUT2D eigenvalue weighted by Crippen LogP contribution is -1.88. The van der Waals surface area contributed by atoms with Crippen molar-refractivity contribution in [2.75, 3.05) is 0 Å². The lowest BCUT2D eigenvalue weighted by molar-refractivity contribution is 0.391. The minimum Gasteiger partial charge on any atom is -0.513 e. The van der Waals surface area contributed by atoms with Crippen molar-refractivity contribution in [1.29, 1.82) is 0 Å². The fourth-order valence-electron chi connectivity index (χ4n) is 1.07. The first-order valence-electron chi connectivity index (χ1n) is 6.74.